The number of aromatic nitrogens is 1. The molecule has 1 saturated carbocycles. The summed E-state index contributed by atoms with van der Waals surface area (Å²) in [6.45, 7) is 0.896. The van der Waals surface area contributed by atoms with Crippen molar-refractivity contribution in [1.29, 1.82) is 0 Å². The second-order valence-electron chi connectivity index (χ2n) is 8.47. The average molecular weight is 441 g/mol. The van der Waals surface area contributed by atoms with Gasteiger partial charge in [-0.15, -0.1) is 0 Å². The Labute approximate surface area is 191 Å². The Hall–Kier alpha value is -3.97. The molecule has 1 aromatic heterocycles. The third-order valence-electron chi connectivity index (χ3n) is 6.04. The van der Waals surface area contributed by atoms with Crippen LogP contribution in [0, 0.1) is 10.1 Å². The molecule has 1 heterocycles. The van der Waals surface area contributed by atoms with Gasteiger partial charge in [-0.2, -0.15) is 0 Å². The number of aliphatic imine (C=N–C) groups is 1. The van der Waals surface area contributed by atoms with Gasteiger partial charge in [0.05, 0.1) is 21.9 Å². The van der Waals surface area contributed by atoms with Gasteiger partial charge in [-0.05, 0) is 43.7 Å². The van der Waals surface area contributed by atoms with E-state index in [-0.39, 0.29) is 11.6 Å². The predicted octanol–water partition coefficient (Wildman–Crippen LogP) is 5.55. The van der Waals surface area contributed by atoms with Crippen molar-refractivity contribution in [3.8, 4) is 5.88 Å². The van der Waals surface area contributed by atoms with E-state index in [0.29, 0.717) is 28.2 Å². The van der Waals surface area contributed by atoms with Crippen molar-refractivity contribution in [2.45, 2.75) is 25.4 Å². The Morgan fingerprint density at radius 3 is 2.52 bits per heavy atom. The highest BCUT2D eigenvalue weighted by atomic mass is 16.6. The Bertz CT molecular complexity index is 1340. The molecule has 1 aliphatic rings. The molecular weight excluding hydrogens is 416 g/mol. The molecule has 0 aliphatic heterocycles. The fraction of sp³-hybridized carbons (Fsp3) is 0.192. The Morgan fingerprint density at radius 1 is 1.12 bits per heavy atom. The van der Waals surface area contributed by atoms with Crippen molar-refractivity contribution >= 4 is 28.0 Å². The number of aromatic amines is 1. The number of fused-ring (bicyclic) bond motifs is 1. The number of benzene rings is 3. The number of hydrogen-bond donors (Lipinski definition) is 2. The molecule has 0 atom stereocenters. The summed E-state index contributed by atoms with van der Waals surface area (Å²) in [5.41, 5.74) is 4.31. The number of hydrogen-bond acceptors (Lipinski definition) is 5. The summed E-state index contributed by atoms with van der Waals surface area (Å²) in [6, 6.07) is 22.8. The SMILES string of the molecule is CN(Cc1ccc(N=C(c2ccccc2)c2c(O)[nH]c3ccc([N+](=O)[O-])cc23)cc1)C1CC1. The van der Waals surface area contributed by atoms with E-state index in [1.54, 1.807) is 6.07 Å². The third kappa shape index (κ3) is 4.36. The van der Waals surface area contributed by atoms with E-state index in [4.69, 9.17) is 4.99 Å². The Morgan fingerprint density at radius 2 is 1.85 bits per heavy atom. The molecule has 0 saturated heterocycles. The van der Waals surface area contributed by atoms with Crippen molar-refractivity contribution in [3.63, 3.8) is 0 Å². The summed E-state index contributed by atoms with van der Waals surface area (Å²) in [4.78, 5) is 21.1. The quantitative estimate of drug-likeness (QED) is 0.224. The van der Waals surface area contributed by atoms with Crippen molar-refractivity contribution < 1.29 is 10.0 Å². The number of nitro benzene ring substituents is 1. The molecule has 2 N–H and O–H groups in total. The average Bonchev–Trinajstić information content (AvgIpc) is 3.62. The van der Waals surface area contributed by atoms with Gasteiger partial charge in [0.1, 0.15) is 0 Å². The summed E-state index contributed by atoms with van der Waals surface area (Å²) in [7, 11) is 2.15. The van der Waals surface area contributed by atoms with E-state index >= 15 is 0 Å². The lowest BCUT2D eigenvalue weighted by molar-refractivity contribution is -0.384. The summed E-state index contributed by atoms with van der Waals surface area (Å²) in [6.07, 6.45) is 2.54. The van der Waals surface area contributed by atoms with E-state index < -0.39 is 4.92 Å². The molecule has 33 heavy (non-hydrogen) atoms. The Balaban J connectivity index is 1.59. The standard InChI is InChI=1S/C26H24N4O3/c1-29(20-11-12-20)16-17-7-9-19(10-8-17)27-25(18-5-3-2-4-6-18)24-22-15-21(30(32)33)13-14-23(22)28-26(24)31/h2-10,13-15,20,28,31H,11-12,16H2,1H3. The minimum atomic E-state index is -0.440. The van der Waals surface area contributed by atoms with Crippen LogP contribution in [0.25, 0.3) is 10.9 Å². The zero-order valence-corrected chi connectivity index (χ0v) is 18.2. The first kappa shape index (κ1) is 20.9. The molecule has 0 unspecified atom stereocenters. The lowest BCUT2D eigenvalue weighted by Crippen LogP contribution is -2.19. The van der Waals surface area contributed by atoms with Gasteiger partial charge in [0.15, 0.2) is 5.88 Å². The summed E-state index contributed by atoms with van der Waals surface area (Å²) >= 11 is 0. The van der Waals surface area contributed by atoms with Gasteiger partial charge in [0.25, 0.3) is 5.69 Å². The van der Waals surface area contributed by atoms with Gasteiger partial charge in [-0.25, -0.2) is 4.99 Å². The van der Waals surface area contributed by atoms with Gasteiger partial charge in [0.2, 0.25) is 0 Å². The number of rotatable bonds is 7. The zero-order valence-electron chi connectivity index (χ0n) is 18.2. The van der Waals surface area contributed by atoms with Crippen LogP contribution in [0.3, 0.4) is 0 Å². The molecular formula is C26H24N4O3. The topological polar surface area (TPSA) is 94.8 Å². The molecule has 7 heteroatoms. The van der Waals surface area contributed by atoms with Crippen LogP contribution >= 0.6 is 0 Å². The first-order chi connectivity index (χ1) is 16.0. The molecule has 1 aliphatic carbocycles. The number of H-pyrrole nitrogens is 1. The third-order valence-corrected chi connectivity index (χ3v) is 6.04. The Kier molecular flexibility index (Phi) is 5.40. The van der Waals surface area contributed by atoms with Crippen molar-refractivity contribution in [2.75, 3.05) is 7.05 Å². The molecule has 4 aromatic rings. The van der Waals surface area contributed by atoms with Gasteiger partial charge in [-0.1, -0.05) is 42.5 Å². The van der Waals surface area contributed by atoms with Gasteiger partial charge >= 0.3 is 0 Å². The van der Waals surface area contributed by atoms with Gasteiger partial charge < -0.3 is 10.1 Å². The fourth-order valence-electron chi connectivity index (χ4n) is 4.12. The van der Waals surface area contributed by atoms with Crippen molar-refractivity contribution in [1.82, 2.24) is 9.88 Å². The number of nitrogens with one attached hydrogen (secondary N) is 1. The van der Waals surface area contributed by atoms with Crippen molar-refractivity contribution in [2.24, 2.45) is 4.99 Å². The molecule has 0 spiro atoms. The smallest absolute Gasteiger partial charge is 0.270 e. The summed E-state index contributed by atoms with van der Waals surface area (Å²) in [5, 5.41) is 22.7. The minimum Gasteiger partial charge on any atom is -0.494 e. The molecule has 7 nitrogen and oxygen atoms in total. The first-order valence-corrected chi connectivity index (χ1v) is 10.9. The van der Waals surface area contributed by atoms with Crippen LogP contribution in [0.2, 0.25) is 0 Å². The number of aromatic hydroxyl groups is 1. The minimum absolute atomic E-state index is 0.0423. The summed E-state index contributed by atoms with van der Waals surface area (Å²) in [5.74, 6) is -0.0734. The highest BCUT2D eigenvalue weighted by Crippen LogP contribution is 2.34. The van der Waals surface area contributed by atoms with E-state index in [2.05, 4.69) is 29.1 Å². The molecule has 3 aromatic carbocycles. The van der Waals surface area contributed by atoms with Crippen LogP contribution < -0.4 is 0 Å². The molecule has 0 amide bonds. The summed E-state index contributed by atoms with van der Waals surface area (Å²) < 4.78 is 0. The van der Waals surface area contributed by atoms with E-state index in [9.17, 15) is 15.2 Å². The second-order valence-corrected chi connectivity index (χ2v) is 8.47. The van der Waals surface area contributed by atoms with Crippen LogP contribution in [0.15, 0.2) is 77.8 Å². The normalized spacial score (nSPS) is 14.2. The maximum Gasteiger partial charge on any atom is 0.270 e. The molecule has 0 bridgehead atoms. The van der Waals surface area contributed by atoms with Crippen LogP contribution in [0.5, 0.6) is 5.88 Å². The number of non-ortho nitro benzene ring substituents is 1. The largest absolute Gasteiger partial charge is 0.494 e. The number of nitro groups is 1. The second kappa shape index (κ2) is 8.52. The maximum absolute atomic E-state index is 11.3. The predicted molar refractivity (Wildman–Crippen MR) is 129 cm³/mol. The van der Waals surface area contributed by atoms with Gasteiger partial charge in [-0.3, -0.25) is 15.0 Å². The molecule has 5 rings (SSSR count). The monoisotopic (exact) mass is 440 g/mol. The van der Waals surface area contributed by atoms with Crippen molar-refractivity contribution in [3.05, 3.63) is 99.6 Å². The molecule has 0 radical (unpaired) electrons. The highest BCUT2D eigenvalue weighted by Gasteiger charge is 2.26. The van der Waals surface area contributed by atoms with Crippen LogP contribution in [0.4, 0.5) is 11.4 Å². The zero-order chi connectivity index (χ0) is 22.9. The molecule has 1 fully saturated rings. The van der Waals surface area contributed by atoms with Crippen LogP contribution in [-0.2, 0) is 6.54 Å². The highest BCUT2D eigenvalue weighted by molar-refractivity contribution is 6.22. The first-order valence-electron chi connectivity index (χ1n) is 10.9. The van der Waals surface area contributed by atoms with Gasteiger partial charge in [0, 0.05) is 41.2 Å². The maximum atomic E-state index is 11.3. The lowest BCUT2D eigenvalue weighted by atomic mass is 10.0. The van der Waals surface area contributed by atoms with Crippen LogP contribution in [0.1, 0.15) is 29.5 Å². The van der Waals surface area contributed by atoms with E-state index in [0.717, 1.165) is 17.8 Å². The molecule has 166 valence electrons. The van der Waals surface area contributed by atoms with E-state index in [1.807, 2.05) is 42.5 Å². The number of nitrogens with zero attached hydrogens (tertiary/aromatic N) is 3. The van der Waals surface area contributed by atoms with Crippen LogP contribution in [-0.4, -0.2) is 38.7 Å². The lowest BCUT2D eigenvalue weighted by Gasteiger charge is -2.15. The fourth-order valence-corrected chi connectivity index (χ4v) is 4.12. The van der Waals surface area contributed by atoms with E-state index in [1.165, 1.54) is 30.5 Å².